The van der Waals surface area contributed by atoms with Crippen LogP contribution in [-0.2, 0) is 11.3 Å². The second kappa shape index (κ2) is 9.14. The molecule has 0 bridgehead atoms. The summed E-state index contributed by atoms with van der Waals surface area (Å²) in [6.45, 7) is 5.26. The zero-order valence-corrected chi connectivity index (χ0v) is 17.0. The lowest BCUT2D eigenvalue weighted by Crippen LogP contribution is -2.36. The fourth-order valence-corrected chi connectivity index (χ4v) is 4.64. The van der Waals surface area contributed by atoms with Gasteiger partial charge in [0.05, 0.1) is 17.3 Å². The molecule has 1 aromatic carbocycles. The van der Waals surface area contributed by atoms with Crippen LogP contribution in [0.25, 0.3) is 0 Å². The summed E-state index contributed by atoms with van der Waals surface area (Å²) in [4.78, 5) is 18.3. The monoisotopic (exact) mass is 441 g/mol. The quantitative estimate of drug-likeness (QED) is 0.749. The molecule has 1 aromatic heterocycles. The first-order chi connectivity index (χ1) is 12.1. The number of carbonyl (C=O) groups excluding carboxylic acids is 1. The highest BCUT2D eigenvalue weighted by atomic mass is 79.9. The van der Waals surface area contributed by atoms with Gasteiger partial charge in [-0.1, -0.05) is 23.7 Å². The van der Waals surface area contributed by atoms with Gasteiger partial charge < -0.3 is 5.32 Å². The van der Waals surface area contributed by atoms with E-state index in [1.165, 1.54) is 9.35 Å². The van der Waals surface area contributed by atoms with Crippen LogP contribution < -0.4 is 5.32 Å². The Balaban J connectivity index is 1.49. The molecule has 1 saturated heterocycles. The predicted octanol–water partition coefficient (Wildman–Crippen LogP) is 4.31. The number of hydrogen-bond acceptors (Lipinski definition) is 4. The third-order valence-corrected chi connectivity index (χ3v) is 6.50. The Bertz CT molecular complexity index is 724. The van der Waals surface area contributed by atoms with Crippen molar-refractivity contribution in [3.8, 4) is 0 Å². The molecule has 7 heteroatoms. The number of hydrogen-bond donors (Lipinski definition) is 1. The van der Waals surface area contributed by atoms with Crippen LogP contribution in [0.3, 0.4) is 0 Å². The van der Waals surface area contributed by atoms with Gasteiger partial charge >= 0.3 is 0 Å². The molecule has 1 aliphatic heterocycles. The number of nitrogens with zero attached hydrogens (tertiary/aromatic N) is 2. The average Bonchev–Trinajstić information content (AvgIpc) is 2.85. The molecule has 0 atom stereocenters. The van der Waals surface area contributed by atoms with E-state index >= 15 is 0 Å². The van der Waals surface area contributed by atoms with Crippen molar-refractivity contribution in [2.75, 3.05) is 38.0 Å². The van der Waals surface area contributed by atoms with Crippen LogP contribution in [0.15, 0.2) is 40.2 Å². The standard InChI is InChI=1S/C18H21BrClN3OS/c19-14-6-11-25-17(14)12-22-7-3-8-23(10-9-22)13-18(24)21-16-5-2-1-4-15(16)20/h1-2,4-6,11H,3,7-10,12-13H2,(H,21,24). The Hall–Kier alpha value is -0.920. The lowest BCUT2D eigenvalue weighted by Gasteiger charge is -2.21. The molecule has 0 aliphatic carbocycles. The highest BCUT2D eigenvalue weighted by Gasteiger charge is 2.18. The highest BCUT2D eigenvalue weighted by Crippen LogP contribution is 2.24. The van der Waals surface area contributed by atoms with Crippen molar-refractivity contribution in [1.29, 1.82) is 0 Å². The Labute approximate surface area is 165 Å². The van der Waals surface area contributed by atoms with Crippen LogP contribution in [0.2, 0.25) is 5.02 Å². The summed E-state index contributed by atoms with van der Waals surface area (Å²) in [5.74, 6) is -0.0115. The molecule has 3 rings (SSSR count). The maximum Gasteiger partial charge on any atom is 0.238 e. The maximum absolute atomic E-state index is 12.3. The largest absolute Gasteiger partial charge is 0.324 e. The molecule has 134 valence electrons. The minimum Gasteiger partial charge on any atom is -0.324 e. The molecule has 0 saturated carbocycles. The second-order valence-electron chi connectivity index (χ2n) is 6.13. The Morgan fingerprint density at radius 1 is 1.16 bits per heavy atom. The van der Waals surface area contributed by atoms with E-state index in [9.17, 15) is 4.79 Å². The third kappa shape index (κ3) is 5.53. The van der Waals surface area contributed by atoms with Crippen molar-refractivity contribution in [3.05, 3.63) is 50.1 Å². The molecule has 1 aliphatic rings. The molecule has 0 unspecified atom stereocenters. The summed E-state index contributed by atoms with van der Waals surface area (Å²) >= 11 is 11.5. The number of nitrogens with one attached hydrogen (secondary N) is 1. The molecular formula is C18H21BrClN3OS. The van der Waals surface area contributed by atoms with Gasteiger partial charge in [-0.05, 0) is 59.0 Å². The summed E-state index contributed by atoms with van der Waals surface area (Å²) in [5, 5.41) is 5.58. The van der Waals surface area contributed by atoms with Crippen molar-refractivity contribution in [3.63, 3.8) is 0 Å². The summed E-state index contributed by atoms with van der Waals surface area (Å²) < 4.78 is 1.19. The Morgan fingerprint density at radius 3 is 2.68 bits per heavy atom. The number of para-hydroxylation sites is 1. The SMILES string of the molecule is O=C(CN1CCCN(Cc2sccc2Br)CC1)Nc1ccccc1Cl. The van der Waals surface area contributed by atoms with Gasteiger partial charge in [0, 0.05) is 29.0 Å². The molecule has 25 heavy (non-hydrogen) atoms. The van der Waals surface area contributed by atoms with Crippen LogP contribution in [0.1, 0.15) is 11.3 Å². The summed E-state index contributed by atoms with van der Waals surface area (Å²) in [6.07, 6.45) is 1.07. The van der Waals surface area contributed by atoms with Crippen molar-refractivity contribution < 1.29 is 4.79 Å². The zero-order valence-electron chi connectivity index (χ0n) is 13.9. The molecule has 2 aromatic rings. The highest BCUT2D eigenvalue weighted by molar-refractivity contribution is 9.10. The van der Waals surface area contributed by atoms with E-state index in [1.54, 1.807) is 17.4 Å². The summed E-state index contributed by atoms with van der Waals surface area (Å²) in [7, 11) is 0. The molecule has 1 N–H and O–H groups in total. The number of thiophene rings is 1. The van der Waals surface area contributed by atoms with Crippen LogP contribution in [0.4, 0.5) is 5.69 Å². The van der Waals surface area contributed by atoms with E-state index in [-0.39, 0.29) is 5.91 Å². The number of rotatable bonds is 5. The van der Waals surface area contributed by atoms with E-state index in [2.05, 4.69) is 42.5 Å². The van der Waals surface area contributed by atoms with Gasteiger partial charge in [0.1, 0.15) is 0 Å². The van der Waals surface area contributed by atoms with Gasteiger partial charge in [-0.2, -0.15) is 0 Å². The summed E-state index contributed by atoms with van der Waals surface area (Å²) in [6, 6.07) is 9.43. The first kappa shape index (κ1) is 18.9. The molecule has 1 amide bonds. The van der Waals surface area contributed by atoms with Gasteiger partial charge in [-0.15, -0.1) is 11.3 Å². The van der Waals surface area contributed by atoms with E-state index < -0.39 is 0 Å². The van der Waals surface area contributed by atoms with Gasteiger partial charge in [-0.3, -0.25) is 14.6 Å². The molecule has 4 nitrogen and oxygen atoms in total. The minimum absolute atomic E-state index is 0.0115. The molecular weight excluding hydrogens is 422 g/mol. The molecule has 0 radical (unpaired) electrons. The number of anilines is 1. The molecule has 2 heterocycles. The van der Waals surface area contributed by atoms with Gasteiger partial charge in [0.15, 0.2) is 0 Å². The van der Waals surface area contributed by atoms with Crippen LogP contribution in [0, 0.1) is 0 Å². The van der Waals surface area contributed by atoms with Gasteiger partial charge in [0.2, 0.25) is 5.91 Å². The van der Waals surface area contributed by atoms with Crippen molar-refractivity contribution in [2.24, 2.45) is 0 Å². The number of halogens is 2. The smallest absolute Gasteiger partial charge is 0.238 e. The van der Waals surface area contributed by atoms with Crippen LogP contribution in [-0.4, -0.2) is 48.4 Å². The maximum atomic E-state index is 12.3. The number of benzene rings is 1. The van der Waals surface area contributed by atoms with Gasteiger partial charge in [-0.25, -0.2) is 0 Å². The van der Waals surface area contributed by atoms with Crippen LogP contribution in [0.5, 0.6) is 0 Å². The Morgan fingerprint density at radius 2 is 1.92 bits per heavy atom. The number of amides is 1. The fraction of sp³-hybridized carbons (Fsp3) is 0.389. The Kier molecular flexibility index (Phi) is 6.90. The van der Waals surface area contributed by atoms with E-state index in [4.69, 9.17) is 11.6 Å². The lowest BCUT2D eigenvalue weighted by atomic mass is 10.3. The molecule has 1 fully saturated rings. The van der Waals surface area contributed by atoms with Crippen molar-refractivity contribution >= 4 is 50.5 Å². The first-order valence-electron chi connectivity index (χ1n) is 8.33. The first-order valence-corrected chi connectivity index (χ1v) is 10.4. The minimum atomic E-state index is -0.0115. The van der Waals surface area contributed by atoms with E-state index in [0.29, 0.717) is 17.3 Å². The lowest BCUT2D eigenvalue weighted by molar-refractivity contribution is -0.117. The van der Waals surface area contributed by atoms with Crippen molar-refractivity contribution in [2.45, 2.75) is 13.0 Å². The zero-order chi connectivity index (χ0) is 17.6. The van der Waals surface area contributed by atoms with E-state index in [0.717, 1.165) is 39.1 Å². The molecule has 0 spiro atoms. The number of carbonyl (C=O) groups is 1. The third-order valence-electron chi connectivity index (χ3n) is 4.25. The fourth-order valence-electron chi connectivity index (χ4n) is 2.94. The summed E-state index contributed by atoms with van der Waals surface area (Å²) in [5.41, 5.74) is 0.674. The van der Waals surface area contributed by atoms with Crippen LogP contribution >= 0.6 is 38.9 Å². The topological polar surface area (TPSA) is 35.6 Å². The second-order valence-corrected chi connectivity index (χ2v) is 8.39. The van der Waals surface area contributed by atoms with E-state index in [1.807, 2.05) is 18.2 Å². The van der Waals surface area contributed by atoms with Crippen molar-refractivity contribution in [1.82, 2.24) is 9.80 Å². The predicted molar refractivity (Wildman–Crippen MR) is 108 cm³/mol. The average molecular weight is 443 g/mol. The normalized spacial score (nSPS) is 16.6. The van der Waals surface area contributed by atoms with Gasteiger partial charge in [0.25, 0.3) is 0 Å².